The molecule has 2 aromatic rings. The van der Waals surface area contributed by atoms with Crippen LogP contribution in [0, 0.1) is 0 Å². The molecule has 24 heavy (non-hydrogen) atoms. The van der Waals surface area contributed by atoms with Crippen LogP contribution in [0.5, 0.6) is 0 Å². The standard InChI is InChI=1S/C17H20N4O2S/c18-17(20-15-7-2-1-3-8-15)19-11-13-24(22,23)21-12-10-14-6-4-5-9-16(14)21/h1-9H,10-13H2,(H3,18,19,20). The fourth-order valence-corrected chi connectivity index (χ4v) is 4.09. The summed E-state index contributed by atoms with van der Waals surface area (Å²) in [5.41, 5.74) is 8.45. The SMILES string of the molecule is NC(=NCCS(=O)(=O)N1CCc2ccccc21)Nc1ccccc1. The number of hydrogen-bond acceptors (Lipinski definition) is 3. The first-order valence-electron chi connectivity index (χ1n) is 7.76. The molecule has 3 rings (SSSR count). The molecule has 0 fully saturated rings. The molecule has 0 bridgehead atoms. The summed E-state index contributed by atoms with van der Waals surface area (Å²) in [6.45, 7) is 0.607. The Hall–Kier alpha value is -2.54. The molecule has 6 nitrogen and oxygen atoms in total. The van der Waals surface area contributed by atoms with Crippen molar-refractivity contribution in [2.45, 2.75) is 6.42 Å². The highest BCUT2D eigenvalue weighted by molar-refractivity contribution is 7.92. The van der Waals surface area contributed by atoms with Crippen molar-refractivity contribution in [2.75, 3.05) is 28.5 Å². The summed E-state index contributed by atoms with van der Waals surface area (Å²) in [6.07, 6.45) is 0.746. The van der Waals surface area contributed by atoms with Crippen molar-refractivity contribution in [2.24, 2.45) is 10.7 Å². The quantitative estimate of drug-likeness (QED) is 0.639. The zero-order valence-corrected chi connectivity index (χ0v) is 14.0. The Labute approximate surface area is 142 Å². The Morgan fingerprint density at radius 2 is 1.83 bits per heavy atom. The van der Waals surface area contributed by atoms with Gasteiger partial charge in [-0.1, -0.05) is 36.4 Å². The van der Waals surface area contributed by atoms with E-state index in [2.05, 4.69) is 10.3 Å². The molecular weight excluding hydrogens is 324 g/mol. The lowest BCUT2D eigenvalue weighted by atomic mass is 10.2. The first-order chi connectivity index (χ1) is 11.6. The number of nitrogens with zero attached hydrogens (tertiary/aromatic N) is 2. The molecule has 2 aromatic carbocycles. The molecule has 0 saturated heterocycles. The van der Waals surface area contributed by atoms with Gasteiger partial charge in [-0.05, 0) is 30.2 Å². The van der Waals surface area contributed by atoms with E-state index in [1.807, 2.05) is 54.6 Å². The number of nitrogens with one attached hydrogen (secondary N) is 1. The van der Waals surface area contributed by atoms with E-state index < -0.39 is 10.0 Å². The van der Waals surface area contributed by atoms with Crippen molar-refractivity contribution < 1.29 is 8.42 Å². The van der Waals surface area contributed by atoms with E-state index in [9.17, 15) is 8.42 Å². The second-order valence-corrected chi connectivity index (χ2v) is 7.54. The van der Waals surface area contributed by atoms with Gasteiger partial charge in [-0.3, -0.25) is 9.30 Å². The van der Waals surface area contributed by atoms with Crippen LogP contribution in [0.15, 0.2) is 59.6 Å². The van der Waals surface area contributed by atoms with Crippen molar-refractivity contribution >= 4 is 27.4 Å². The largest absolute Gasteiger partial charge is 0.370 e. The molecule has 1 heterocycles. The van der Waals surface area contributed by atoms with E-state index in [1.165, 1.54) is 4.31 Å². The van der Waals surface area contributed by atoms with Crippen molar-refractivity contribution in [1.29, 1.82) is 0 Å². The van der Waals surface area contributed by atoms with Crippen LogP contribution >= 0.6 is 0 Å². The zero-order valence-electron chi connectivity index (χ0n) is 13.2. The second kappa shape index (κ2) is 6.92. The highest BCUT2D eigenvalue weighted by Gasteiger charge is 2.28. The molecule has 0 atom stereocenters. The van der Waals surface area contributed by atoms with Gasteiger partial charge in [0.05, 0.1) is 18.0 Å². The van der Waals surface area contributed by atoms with Crippen LogP contribution in [0.4, 0.5) is 11.4 Å². The van der Waals surface area contributed by atoms with Crippen molar-refractivity contribution in [3.8, 4) is 0 Å². The number of benzene rings is 2. The molecule has 1 aliphatic heterocycles. The number of para-hydroxylation sites is 2. The first kappa shape index (κ1) is 16.3. The lowest BCUT2D eigenvalue weighted by molar-refractivity contribution is 0.592. The minimum Gasteiger partial charge on any atom is -0.370 e. The summed E-state index contributed by atoms with van der Waals surface area (Å²) in [6, 6.07) is 17.0. The van der Waals surface area contributed by atoms with Crippen LogP contribution in [0.1, 0.15) is 5.56 Å². The molecule has 3 N–H and O–H groups in total. The lowest BCUT2D eigenvalue weighted by Gasteiger charge is -2.18. The molecule has 0 radical (unpaired) electrons. The van der Waals surface area contributed by atoms with Gasteiger partial charge in [0, 0.05) is 12.2 Å². The number of sulfonamides is 1. The lowest BCUT2D eigenvalue weighted by Crippen LogP contribution is -2.33. The highest BCUT2D eigenvalue weighted by Crippen LogP contribution is 2.29. The van der Waals surface area contributed by atoms with Gasteiger partial charge in [-0.15, -0.1) is 0 Å². The maximum atomic E-state index is 12.5. The average molecular weight is 344 g/mol. The highest BCUT2D eigenvalue weighted by atomic mass is 32.2. The Morgan fingerprint density at radius 3 is 2.62 bits per heavy atom. The van der Waals surface area contributed by atoms with Gasteiger partial charge in [0.2, 0.25) is 10.0 Å². The Bertz CT molecular complexity index is 835. The minimum absolute atomic E-state index is 0.0709. The maximum Gasteiger partial charge on any atom is 0.237 e. The zero-order chi connectivity index (χ0) is 17.0. The molecule has 0 saturated carbocycles. The van der Waals surface area contributed by atoms with Crippen LogP contribution in [0.25, 0.3) is 0 Å². The van der Waals surface area contributed by atoms with Gasteiger partial charge < -0.3 is 11.1 Å². The van der Waals surface area contributed by atoms with Crippen molar-refractivity contribution in [1.82, 2.24) is 0 Å². The van der Waals surface area contributed by atoms with Crippen LogP contribution in [0.3, 0.4) is 0 Å². The van der Waals surface area contributed by atoms with Crippen LogP contribution in [0.2, 0.25) is 0 Å². The van der Waals surface area contributed by atoms with Crippen LogP contribution in [-0.4, -0.2) is 33.2 Å². The van der Waals surface area contributed by atoms with Crippen LogP contribution in [-0.2, 0) is 16.4 Å². The number of hydrogen-bond donors (Lipinski definition) is 2. The molecule has 0 spiro atoms. The third kappa shape index (κ3) is 3.68. The number of guanidine groups is 1. The summed E-state index contributed by atoms with van der Waals surface area (Å²) in [5.74, 6) is 0.136. The molecule has 0 unspecified atom stereocenters. The van der Waals surface area contributed by atoms with Crippen molar-refractivity contribution in [3.63, 3.8) is 0 Å². The smallest absolute Gasteiger partial charge is 0.237 e. The monoisotopic (exact) mass is 344 g/mol. The number of fused-ring (bicyclic) bond motifs is 1. The van der Waals surface area contributed by atoms with Crippen molar-refractivity contribution in [3.05, 3.63) is 60.2 Å². The van der Waals surface area contributed by atoms with E-state index in [-0.39, 0.29) is 18.3 Å². The Balaban J connectivity index is 1.61. The molecule has 1 aliphatic rings. The number of rotatable bonds is 5. The van der Waals surface area contributed by atoms with Gasteiger partial charge in [0.15, 0.2) is 5.96 Å². The molecule has 0 amide bonds. The minimum atomic E-state index is -3.40. The second-order valence-electron chi connectivity index (χ2n) is 5.52. The van der Waals surface area contributed by atoms with Gasteiger partial charge in [-0.25, -0.2) is 8.42 Å². The predicted molar refractivity (Wildman–Crippen MR) is 97.8 cm³/mol. The normalized spacial score (nSPS) is 14.5. The van der Waals surface area contributed by atoms with Gasteiger partial charge in [0.1, 0.15) is 0 Å². The van der Waals surface area contributed by atoms with E-state index >= 15 is 0 Å². The third-order valence-corrected chi connectivity index (χ3v) is 5.61. The molecule has 0 aromatic heterocycles. The molecule has 0 aliphatic carbocycles. The number of anilines is 2. The summed E-state index contributed by atoms with van der Waals surface area (Å²) in [4.78, 5) is 4.11. The number of nitrogens with two attached hydrogens (primary N) is 1. The maximum absolute atomic E-state index is 12.5. The van der Waals surface area contributed by atoms with E-state index in [0.717, 1.165) is 23.4 Å². The Kier molecular flexibility index (Phi) is 4.71. The fourth-order valence-electron chi connectivity index (χ4n) is 2.70. The van der Waals surface area contributed by atoms with Gasteiger partial charge in [-0.2, -0.15) is 0 Å². The predicted octanol–water partition coefficient (Wildman–Crippen LogP) is 1.81. The number of aliphatic imine (C=N–C) groups is 1. The molecular formula is C17H20N4O2S. The first-order valence-corrected chi connectivity index (χ1v) is 9.37. The fraction of sp³-hybridized carbons (Fsp3) is 0.235. The van der Waals surface area contributed by atoms with E-state index in [0.29, 0.717) is 6.54 Å². The third-order valence-electron chi connectivity index (χ3n) is 3.86. The Morgan fingerprint density at radius 1 is 1.12 bits per heavy atom. The summed E-state index contributed by atoms with van der Waals surface area (Å²) < 4.78 is 26.5. The average Bonchev–Trinajstić information content (AvgIpc) is 3.00. The van der Waals surface area contributed by atoms with Gasteiger partial charge >= 0.3 is 0 Å². The summed E-state index contributed by atoms with van der Waals surface area (Å²) in [7, 11) is -3.40. The summed E-state index contributed by atoms with van der Waals surface area (Å²) >= 11 is 0. The molecule has 126 valence electrons. The molecule has 7 heteroatoms. The van der Waals surface area contributed by atoms with E-state index in [4.69, 9.17) is 5.73 Å². The topological polar surface area (TPSA) is 87.8 Å². The van der Waals surface area contributed by atoms with E-state index in [1.54, 1.807) is 0 Å². The van der Waals surface area contributed by atoms with Crippen LogP contribution < -0.4 is 15.4 Å². The van der Waals surface area contributed by atoms with Gasteiger partial charge in [0.25, 0.3) is 0 Å². The summed E-state index contributed by atoms with van der Waals surface area (Å²) in [5, 5.41) is 2.93.